The number of likely N-dealkylation sites (tertiary alicyclic amines) is 1. The fraction of sp³-hybridized carbons (Fsp3) is 0.875. The van der Waals surface area contributed by atoms with E-state index in [0.29, 0.717) is 12.1 Å². The molecule has 0 spiro atoms. The molecule has 0 aromatic rings. The molecule has 2 rings (SSSR count). The largest absolute Gasteiger partial charge is 0.340 e. The van der Waals surface area contributed by atoms with E-state index in [4.69, 9.17) is 0 Å². The van der Waals surface area contributed by atoms with Crippen molar-refractivity contribution in [1.29, 1.82) is 0 Å². The van der Waals surface area contributed by atoms with Gasteiger partial charge in [-0.15, -0.1) is 0 Å². The molecule has 2 unspecified atom stereocenters. The van der Waals surface area contributed by atoms with Crippen molar-refractivity contribution in [2.45, 2.75) is 31.8 Å². The van der Waals surface area contributed by atoms with Gasteiger partial charge in [0, 0.05) is 32.1 Å². The Morgan fingerprint density at radius 3 is 2.36 bits per heavy atom. The van der Waals surface area contributed by atoms with Crippen LogP contribution in [0.4, 0.5) is 0 Å². The maximum atomic E-state index is 11.0. The molecule has 3 nitrogen and oxygen atoms in total. The molecule has 2 atom stereocenters. The maximum absolute atomic E-state index is 11.0. The molecule has 2 fully saturated rings. The van der Waals surface area contributed by atoms with Crippen LogP contribution in [0.15, 0.2) is 0 Å². The van der Waals surface area contributed by atoms with E-state index in [2.05, 4.69) is 5.32 Å². The van der Waals surface area contributed by atoms with E-state index in [0.717, 1.165) is 13.1 Å². The minimum absolute atomic E-state index is 0.225. The van der Waals surface area contributed by atoms with Crippen molar-refractivity contribution in [3.63, 3.8) is 0 Å². The summed E-state index contributed by atoms with van der Waals surface area (Å²) in [5.41, 5.74) is 0. The first-order valence-electron chi connectivity index (χ1n) is 4.27. The van der Waals surface area contributed by atoms with E-state index in [1.807, 2.05) is 4.90 Å². The first kappa shape index (κ1) is 7.10. The first-order valence-corrected chi connectivity index (χ1v) is 4.27. The van der Waals surface area contributed by atoms with Crippen LogP contribution in [0, 0.1) is 0 Å². The third-order valence-corrected chi connectivity index (χ3v) is 2.66. The summed E-state index contributed by atoms with van der Waals surface area (Å²) in [6, 6.07) is 1.16. The van der Waals surface area contributed by atoms with Crippen LogP contribution in [-0.2, 0) is 4.79 Å². The third kappa shape index (κ3) is 1.25. The van der Waals surface area contributed by atoms with Gasteiger partial charge in [-0.3, -0.25) is 4.79 Å². The SMILES string of the molecule is CC(=O)N1CC2CCC(C1)N2. The average Bonchev–Trinajstić information content (AvgIpc) is 2.30. The van der Waals surface area contributed by atoms with Gasteiger partial charge in [-0.1, -0.05) is 0 Å². The second kappa shape index (κ2) is 2.48. The normalized spacial score (nSPS) is 35.9. The lowest BCUT2D eigenvalue weighted by atomic mass is 10.2. The van der Waals surface area contributed by atoms with E-state index in [-0.39, 0.29) is 5.91 Å². The Balaban J connectivity index is 2.02. The van der Waals surface area contributed by atoms with Crippen LogP contribution in [0.2, 0.25) is 0 Å². The van der Waals surface area contributed by atoms with Crippen molar-refractivity contribution in [1.82, 2.24) is 10.2 Å². The van der Waals surface area contributed by atoms with Crippen LogP contribution in [0.5, 0.6) is 0 Å². The van der Waals surface area contributed by atoms with Crippen LogP contribution in [0.25, 0.3) is 0 Å². The van der Waals surface area contributed by atoms with Crippen LogP contribution in [-0.4, -0.2) is 36.0 Å². The molecule has 3 heteroatoms. The van der Waals surface area contributed by atoms with Gasteiger partial charge in [0.15, 0.2) is 0 Å². The highest BCUT2D eigenvalue weighted by Crippen LogP contribution is 2.19. The summed E-state index contributed by atoms with van der Waals surface area (Å²) in [6.45, 7) is 3.50. The molecule has 0 aliphatic carbocycles. The Morgan fingerprint density at radius 1 is 1.36 bits per heavy atom. The Labute approximate surface area is 66.8 Å². The number of nitrogens with zero attached hydrogens (tertiary/aromatic N) is 1. The Morgan fingerprint density at radius 2 is 1.91 bits per heavy atom. The van der Waals surface area contributed by atoms with E-state index < -0.39 is 0 Å². The molecule has 1 amide bonds. The highest BCUT2D eigenvalue weighted by Gasteiger charge is 2.32. The first-order chi connectivity index (χ1) is 5.25. The van der Waals surface area contributed by atoms with Crippen molar-refractivity contribution in [3.8, 4) is 0 Å². The fourth-order valence-electron chi connectivity index (χ4n) is 2.05. The molecule has 2 aliphatic heterocycles. The topological polar surface area (TPSA) is 32.3 Å². The van der Waals surface area contributed by atoms with Gasteiger partial charge in [0.25, 0.3) is 0 Å². The summed E-state index contributed by atoms with van der Waals surface area (Å²) < 4.78 is 0. The van der Waals surface area contributed by atoms with Crippen molar-refractivity contribution >= 4 is 5.91 Å². The highest BCUT2D eigenvalue weighted by atomic mass is 16.2. The van der Waals surface area contributed by atoms with Gasteiger partial charge in [0.2, 0.25) is 5.91 Å². The molecule has 0 saturated carbocycles. The molecule has 0 aromatic carbocycles. The van der Waals surface area contributed by atoms with Crippen LogP contribution in [0.3, 0.4) is 0 Å². The predicted molar refractivity (Wildman–Crippen MR) is 42.2 cm³/mol. The van der Waals surface area contributed by atoms with Gasteiger partial charge in [-0.25, -0.2) is 0 Å². The van der Waals surface area contributed by atoms with Gasteiger partial charge < -0.3 is 10.2 Å². The Kier molecular flexibility index (Phi) is 1.60. The zero-order valence-corrected chi connectivity index (χ0v) is 6.84. The number of carbonyl (C=O) groups is 1. The van der Waals surface area contributed by atoms with Gasteiger partial charge in [0.1, 0.15) is 0 Å². The molecule has 1 N–H and O–H groups in total. The summed E-state index contributed by atoms with van der Waals surface area (Å²) in [5.74, 6) is 0.225. The van der Waals surface area contributed by atoms with Crippen molar-refractivity contribution in [2.75, 3.05) is 13.1 Å². The van der Waals surface area contributed by atoms with Crippen molar-refractivity contribution in [2.24, 2.45) is 0 Å². The molecule has 2 saturated heterocycles. The molecule has 0 radical (unpaired) electrons. The monoisotopic (exact) mass is 154 g/mol. The van der Waals surface area contributed by atoms with Gasteiger partial charge in [0.05, 0.1) is 0 Å². The smallest absolute Gasteiger partial charge is 0.219 e. The van der Waals surface area contributed by atoms with Crippen LogP contribution in [0.1, 0.15) is 19.8 Å². The third-order valence-electron chi connectivity index (χ3n) is 2.66. The molecule has 2 bridgehead atoms. The number of amides is 1. The number of piperazine rings is 1. The zero-order valence-electron chi connectivity index (χ0n) is 6.84. The minimum Gasteiger partial charge on any atom is -0.340 e. The molecule has 0 aromatic heterocycles. The number of fused-ring (bicyclic) bond motifs is 2. The molecule has 2 aliphatic rings. The molecular weight excluding hydrogens is 140 g/mol. The Hall–Kier alpha value is -0.570. The second-order valence-corrected chi connectivity index (χ2v) is 3.56. The summed E-state index contributed by atoms with van der Waals surface area (Å²) in [5, 5.41) is 3.48. The fourth-order valence-corrected chi connectivity index (χ4v) is 2.05. The van der Waals surface area contributed by atoms with Gasteiger partial charge in [-0.05, 0) is 12.8 Å². The highest BCUT2D eigenvalue weighted by molar-refractivity contribution is 5.73. The standard InChI is InChI=1S/C8H14N2O/c1-6(11)10-4-7-2-3-8(5-10)9-7/h7-9H,2-5H2,1H3. The quantitative estimate of drug-likeness (QED) is 0.531. The number of carbonyl (C=O) groups excluding carboxylic acids is 1. The van der Waals surface area contributed by atoms with Gasteiger partial charge >= 0.3 is 0 Å². The lowest BCUT2D eigenvalue weighted by Crippen LogP contribution is -2.52. The predicted octanol–water partition coefficient (Wildman–Crippen LogP) is -0.0309. The van der Waals surface area contributed by atoms with Crippen LogP contribution >= 0.6 is 0 Å². The number of hydrogen-bond acceptors (Lipinski definition) is 2. The molecular formula is C8H14N2O. The lowest BCUT2D eigenvalue weighted by Gasteiger charge is -2.31. The lowest BCUT2D eigenvalue weighted by molar-refractivity contribution is -0.130. The van der Waals surface area contributed by atoms with Gasteiger partial charge in [-0.2, -0.15) is 0 Å². The maximum Gasteiger partial charge on any atom is 0.219 e. The van der Waals surface area contributed by atoms with Crippen LogP contribution < -0.4 is 5.32 Å². The number of nitrogens with one attached hydrogen (secondary N) is 1. The van der Waals surface area contributed by atoms with E-state index in [1.54, 1.807) is 6.92 Å². The van der Waals surface area contributed by atoms with E-state index in [1.165, 1.54) is 12.8 Å². The summed E-state index contributed by atoms with van der Waals surface area (Å²) in [4.78, 5) is 13.0. The number of hydrogen-bond donors (Lipinski definition) is 1. The Bertz CT molecular complexity index is 169. The van der Waals surface area contributed by atoms with E-state index >= 15 is 0 Å². The zero-order chi connectivity index (χ0) is 7.84. The molecule has 11 heavy (non-hydrogen) atoms. The van der Waals surface area contributed by atoms with Crippen molar-refractivity contribution in [3.05, 3.63) is 0 Å². The second-order valence-electron chi connectivity index (χ2n) is 3.56. The molecule has 2 heterocycles. The molecule has 62 valence electrons. The summed E-state index contributed by atoms with van der Waals surface area (Å²) >= 11 is 0. The average molecular weight is 154 g/mol. The summed E-state index contributed by atoms with van der Waals surface area (Å²) in [7, 11) is 0. The minimum atomic E-state index is 0.225. The van der Waals surface area contributed by atoms with Crippen molar-refractivity contribution < 1.29 is 4.79 Å². The summed E-state index contributed by atoms with van der Waals surface area (Å²) in [6.07, 6.45) is 2.49. The number of rotatable bonds is 0. The van der Waals surface area contributed by atoms with E-state index in [9.17, 15) is 4.79 Å².